The Balaban J connectivity index is 2.08. The van der Waals surface area contributed by atoms with E-state index in [9.17, 15) is 18.0 Å². The Morgan fingerprint density at radius 2 is 1.67 bits per heavy atom. The highest BCUT2D eigenvalue weighted by Gasteiger charge is 2.21. The lowest BCUT2D eigenvalue weighted by Crippen LogP contribution is -2.23. The molecular weight excluding hydrogens is 429 g/mol. The zero-order valence-corrected chi connectivity index (χ0v) is 18.7. The van der Waals surface area contributed by atoms with E-state index < -0.39 is 28.7 Å². The molecule has 0 unspecified atom stereocenters. The van der Waals surface area contributed by atoms with E-state index in [2.05, 4.69) is 15.3 Å². The molecule has 4 rings (SSSR count). The monoisotopic (exact) mass is 452 g/mol. The molecule has 1 N–H and O–H groups in total. The van der Waals surface area contributed by atoms with Crippen molar-refractivity contribution in [3.8, 4) is 16.9 Å². The summed E-state index contributed by atoms with van der Waals surface area (Å²) in [7, 11) is 0. The van der Waals surface area contributed by atoms with Crippen LogP contribution in [0, 0.1) is 29.8 Å². The normalized spacial score (nSPS) is 11.7. The Kier molecular flexibility index (Phi) is 5.69. The first-order chi connectivity index (χ1) is 15.5. The third kappa shape index (κ3) is 4.46. The van der Waals surface area contributed by atoms with Crippen LogP contribution in [0.1, 0.15) is 26.3 Å². The van der Waals surface area contributed by atoms with Gasteiger partial charge in [-0.15, -0.1) is 0 Å². The first-order valence-corrected chi connectivity index (χ1v) is 10.4. The van der Waals surface area contributed by atoms with E-state index in [-0.39, 0.29) is 17.0 Å². The number of aryl methyl sites for hydroxylation is 1. The second-order valence-electron chi connectivity index (χ2n) is 9.08. The number of halogens is 3. The lowest BCUT2D eigenvalue weighted by atomic mass is 9.97. The van der Waals surface area contributed by atoms with Gasteiger partial charge in [0.15, 0.2) is 5.65 Å². The minimum Gasteiger partial charge on any atom is -0.354 e. The molecule has 8 heteroatoms. The van der Waals surface area contributed by atoms with E-state index >= 15 is 0 Å². The van der Waals surface area contributed by atoms with Gasteiger partial charge in [0.1, 0.15) is 23.1 Å². The number of rotatable bonds is 4. The number of hydrogen-bond acceptors (Lipinski definition) is 4. The van der Waals surface area contributed by atoms with Gasteiger partial charge >= 0.3 is 0 Å². The lowest BCUT2D eigenvalue weighted by molar-refractivity contribution is 0.442. The molecule has 33 heavy (non-hydrogen) atoms. The van der Waals surface area contributed by atoms with Gasteiger partial charge in [-0.3, -0.25) is 9.36 Å². The summed E-state index contributed by atoms with van der Waals surface area (Å²) in [5.74, 6) is -2.00. The molecule has 0 saturated heterocycles. The molecule has 2 aromatic carbocycles. The maximum absolute atomic E-state index is 14.7. The molecule has 5 nitrogen and oxygen atoms in total. The van der Waals surface area contributed by atoms with Crippen LogP contribution in [0.15, 0.2) is 53.3 Å². The van der Waals surface area contributed by atoms with E-state index in [4.69, 9.17) is 0 Å². The molecule has 2 heterocycles. The zero-order chi connectivity index (χ0) is 23.9. The van der Waals surface area contributed by atoms with E-state index in [1.807, 2.05) is 20.8 Å². The fourth-order valence-electron chi connectivity index (χ4n) is 3.56. The highest BCUT2D eigenvalue weighted by Crippen LogP contribution is 2.31. The van der Waals surface area contributed by atoms with Crippen LogP contribution >= 0.6 is 0 Å². The van der Waals surface area contributed by atoms with Crippen LogP contribution in [0.25, 0.3) is 28.0 Å². The van der Waals surface area contributed by atoms with Gasteiger partial charge < -0.3 is 5.32 Å². The summed E-state index contributed by atoms with van der Waals surface area (Å²) in [5, 5.41) is 3.54. The third-order valence-electron chi connectivity index (χ3n) is 5.13. The van der Waals surface area contributed by atoms with Gasteiger partial charge in [0, 0.05) is 23.6 Å². The quantitative estimate of drug-likeness (QED) is 0.436. The van der Waals surface area contributed by atoms with Crippen LogP contribution in [0.3, 0.4) is 0 Å². The van der Waals surface area contributed by atoms with Crippen molar-refractivity contribution >= 4 is 17.0 Å². The lowest BCUT2D eigenvalue weighted by Gasteiger charge is -2.20. The van der Waals surface area contributed by atoms with Gasteiger partial charge in [0.2, 0.25) is 5.95 Å². The smallest absolute Gasteiger partial charge is 0.256 e. The van der Waals surface area contributed by atoms with E-state index in [1.54, 1.807) is 13.0 Å². The fraction of sp³-hybridized carbons (Fsp3) is 0.240. The minimum absolute atomic E-state index is 0.0386. The van der Waals surface area contributed by atoms with Crippen LogP contribution in [-0.4, -0.2) is 21.1 Å². The Hall–Kier alpha value is -3.68. The van der Waals surface area contributed by atoms with E-state index in [1.165, 1.54) is 30.3 Å². The second kappa shape index (κ2) is 8.35. The Morgan fingerprint density at radius 3 is 2.30 bits per heavy atom. The van der Waals surface area contributed by atoms with Gasteiger partial charge in [-0.2, -0.15) is 4.98 Å². The summed E-state index contributed by atoms with van der Waals surface area (Å²) in [6.45, 7) is 8.32. The minimum atomic E-state index is -0.896. The number of aromatic nitrogens is 3. The second-order valence-corrected chi connectivity index (χ2v) is 9.08. The molecule has 0 fully saturated rings. The molecular formula is C25H23F3N4O. The number of nitrogens with zero attached hydrogens (tertiary/aromatic N) is 3. The zero-order valence-electron chi connectivity index (χ0n) is 18.7. The van der Waals surface area contributed by atoms with Gasteiger partial charge in [-0.1, -0.05) is 26.8 Å². The van der Waals surface area contributed by atoms with Crippen molar-refractivity contribution in [2.24, 2.45) is 5.41 Å². The molecule has 0 radical (unpaired) electrons. The van der Waals surface area contributed by atoms with Crippen molar-refractivity contribution in [2.45, 2.75) is 27.7 Å². The number of hydrogen-bond donors (Lipinski definition) is 1. The number of anilines is 1. The van der Waals surface area contributed by atoms with Crippen molar-refractivity contribution in [1.29, 1.82) is 0 Å². The summed E-state index contributed by atoms with van der Waals surface area (Å²) in [6.07, 6.45) is 0. The molecule has 0 aliphatic carbocycles. The highest BCUT2D eigenvalue weighted by molar-refractivity contribution is 5.93. The number of nitrogens with one attached hydrogen (secondary N) is 1. The average molecular weight is 452 g/mol. The van der Waals surface area contributed by atoms with Crippen LogP contribution in [-0.2, 0) is 0 Å². The maximum Gasteiger partial charge on any atom is 0.256 e. The number of fused-ring (bicyclic) bond motifs is 1. The van der Waals surface area contributed by atoms with Gasteiger partial charge in [0.25, 0.3) is 5.56 Å². The summed E-state index contributed by atoms with van der Waals surface area (Å²) in [4.78, 5) is 21.9. The predicted octanol–water partition coefficient (Wildman–Crippen LogP) is 5.63. The summed E-state index contributed by atoms with van der Waals surface area (Å²) >= 11 is 0. The molecule has 2 aromatic heterocycles. The van der Waals surface area contributed by atoms with Crippen LogP contribution in [0.4, 0.5) is 19.1 Å². The predicted molar refractivity (Wildman–Crippen MR) is 123 cm³/mol. The van der Waals surface area contributed by atoms with Crippen molar-refractivity contribution < 1.29 is 13.2 Å². The first-order valence-electron chi connectivity index (χ1n) is 10.4. The molecule has 0 spiro atoms. The molecule has 0 aliphatic rings. The fourth-order valence-corrected chi connectivity index (χ4v) is 3.56. The molecule has 4 aromatic rings. The van der Waals surface area contributed by atoms with Crippen molar-refractivity contribution in [2.75, 3.05) is 11.9 Å². The van der Waals surface area contributed by atoms with Gasteiger partial charge in [0.05, 0.1) is 5.69 Å². The van der Waals surface area contributed by atoms with Crippen molar-refractivity contribution in [3.63, 3.8) is 0 Å². The maximum atomic E-state index is 14.7. The standard InChI is InChI=1S/C25H23F3N4O/c1-14-12-15(26)8-9-16(14)21-17-10-11-20(33)32(22-18(27)6-5-7-19(22)28)23(17)31-24(30-21)29-13-25(2,3)4/h5-12H,13H2,1-4H3,(H,29,30,31). The highest BCUT2D eigenvalue weighted by atomic mass is 19.1. The summed E-state index contributed by atoms with van der Waals surface area (Å²) in [6, 6.07) is 10.4. The van der Waals surface area contributed by atoms with Gasteiger partial charge in [-0.25, -0.2) is 18.2 Å². The number of pyridine rings is 1. The molecule has 0 aliphatic heterocycles. The SMILES string of the molecule is Cc1cc(F)ccc1-c1nc(NCC(C)(C)C)nc2c1ccc(=O)n2-c1c(F)cccc1F. The van der Waals surface area contributed by atoms with Crippen molar-refractivity contribution in [3.05, 3.63) is 81.9 Å². The molecule has 0 amide bonds. The number of para-hydroxylation sites is 1. The first kappa shape index (κ1) is 22.5. The van der Waals surface area contributed by atoms with Crippen molar-refractivity contribution in [1.82, 2.24) is 14.5 Å². The molecule has 0 atom stereocenters. The Bertz CT molecular complexity index is 1400. The van der Waals surface area contributed by atoms with Crippen LogP contribution in [0.2, 0.25) is 0 Å². The third-order valence-corrected chi connectivity index (χ3v) is 5.13. The Labute approximate surface area is 188 Å². The van der Waals surface area contributed by atoms with Crippen LogP contribution in [0.5, 0.6) is 0 Å². The summed E-state index contributed by atoms with van der Waals surface area (Å²) < 4.78 is 44.0. The number of benzene rings is 2. The Morgan fingerprint density at radius 1 is 0.970 bits per heavy atom. The van der Waals surface area contributed by atoms with E-state index in [0.29, 0.717) is 28.8 Å². The topological polar surface area (TPSA) is 59.8 Å². The average Bonchev–Trinajstić information content (AvgIpc) is 2.72. The van der Waals surface area contributed by atoms with Gasteiger partial charge in [-0.05, 0) is 54.3 Å². The molecule has 0 saturated carbocycles. The molecule has 0 bridgehead atoms. The van der Waals surface area contributed by atoms with Crippen LogP contribution < -0.4 is 10.9 Å². The summed E-state index contributed by atoms with van der Waals surface area (Å²) in [5.41, 5.74) is 0.409. The van der Waals surface area contributed by atoms with E-state index in [0.717, 1.165) is 16.7 Å². The molecule has 170 valence electrons. The largest absolute Gasteiger partial charge is 0.354 e.